The lowest BCUT2D eigenvalue weighted by molar-refractivity contribution is 0.0664. The van der Waals surface area contributed by atoms with E-state index in [4.69, 9.17) is 0 Å². The van der Waals surface area contributed by atoms with Crippen molar-refractivity contribution in [2.75, 3.05) is 26.2 Å². The Balaban J connectivity index is 1.92. The fraction of sp³-hybridized carbons (Fsp3) is 0.467. The molecule has 2 rings (SSSR count). The molecule has 1 aliphatic rings. The Morgan fingerprint density at radius 3 is 2.33 bits per heavy atom. The summed E-state index contributed by atoms with van der Waals surface area (Å²) in [5.74, 6) is 0.0141. The average Bonchev–Trinajstić information content (AvgIpc) is 2.46. The van der Waals surface area contributed by atoms with Gasteiger partial charge in [0.25, 0.3) is 5.91 Å². The van der Waals surface area contributed by atoms with Crippen LogP contribution < -0.4 is 5.32 Å². The second kappa shape index (κ2) is 6.93. The lowest BCUT2D eigenvalue weighted by Crippen LogP contribution is -2.54. The minimum absolute atomic E-state index is 0.0141. The number of urea groups is 1. The molecule has 0 spiro atoms. The normalized spacial score (nSPS) is 15.2. The van der Waals surface area contributed by atoms with Gasteiger partial charge in [0.1, 0.15) is 0 Å². The minimum atomic E-state index is -0.0560. The molecule has 114 valence electrons. The Bertz CT molecular complexity index is 525. The molecule has 5 nitrogen and oxygen atoms in total. The van der Waals surface area contributed by atoms with Crippen molar-refractivity contribution < 1.29 is 9.59 Å². The Morgan fingerprint density at radius 1 is 1.14 bits per heavy atom. The van der Waals surface area contributed by atoms with E-state index in [0.717, 1.165) is 4.47 Å². The minimum Gasteiger partial charge on any atom is -0.336 e. The molecule has 1 aromatic rings. The zero-order chi connectivity index (χ0) is 15.4. The van der Waals surface area contributed by atoms with Crippen molar-refractivity contribution in [1.29, 1.82) is 0 Å². The van der Waals surface area contributed by atoms with Crippen LogP contribution >= 0.6 is 15.9 Å². The fourth-order valence-corrected chi connectivity index (χ4v) is 2.65. The molecule has 6 heteroatoms. The van der Waals surface area contributed by atoms with Crippen molar-refractivity contribution in [3.05, 3.63) is 34.3 Å². The third-order valence-corrected chi connectivity index (χ3v) is 3.83. The molecule has 1 fully saturated rings. The monoisotopic (exact) mass is 353 g/mol. The molecule has 21 heavy (non-hydrogen) atoms. The van der Waals surface area contributed by atoms with Crippen molar-refractivity contribution in [2.24, 2.45) is 0 Å². The van der Waals surface area contributed by atoms with Gasteiger partial charge in [0.05, 0.1) is 0 Å². The van der Waals surface area contributed by atoms with Gasteiger partial charge in [0.15, 0.2) is 0 Å². The topological polar surface area (TPSA) is 52.7 Å². The van der Waals surface area contributed by atoms with Crippen LogP contribution in [0, 0.1) is 0 Å². The summed E-state index contributed by atoms with van der Waals surface area (Å²) < 4.78 is 0.892. The lowest BCUT2D eigenvalue weighted by Gasteiger charge is -2.35. The van der Waals surface area contributed by atoms with Crippen LogP contribution in [0.5, 0.6) is 0 Å². The Hall–Kier alpha value is -1.56. The number of halogens is 1. The molecule has 0 unspecified atom stereocenters. The van der Waals surface area contributed by atoms with Gasteiger partial charge in [0.2, 0.25) is 0 Å². The van der Waals surface area contributed by atoms with Gasteiger partial charge in [-0.2, -0.15) is 0 Å². The van der Waals surface area contributed by atoms with Crippen LogP contribution in [0.2, 0.25) is 0 Å². The predicted molar refractivity (Wildman–Crippen MR) is 85.3 cm³/mol. The largest absolute Gasteiger partial charge is 0.336 e. The number of rotatable bonds is 2. The van der Waals surface area contributed by atoms with Gasteiger partial charge in [-0.15, -0.1) is 0 Å². The van der Waals surface area contributed by atoms with E-state index in [1.807, 2.05) is 38.1 Å². The molecule has 0 radical (unpaired) electrons. The molecule has 0 saturated carbocycles. The molecule has 1 N–H and O–H groups in total. The first-order valence-corrected chi connectivity index (χ1v) is 7.87. The highest BCUT2D eigenvalue weighted by atomic mass is 79.9. The first-order valence-electron chi connectivity index (χ1n) is 7.07. The Morgan fingerprint density at radius 2 is 1.76 bits per heavy atom. The number of piperazine rings is 1. The summed E-state index contributed by atoms with van der Waals surface area (Å²) >= 11 is 3.37. The van der Waals surface area contributed by atoms with Gasteiger partial charge in [0, 0.05) is 42.3 Å². The summed E-state index contributed by atoms with van der Waals surface area (Å²) in [4.78, 5) is 27.8. The third kappa shape index (κ3) is 4.20. The molecular weight excluding hydrogens is 334 g/mol. The van der Waals surface area contributed by atoms with Crippen LogP contribution in [0.15, 0.2) is 28.7 Å². The maximum absolute atomic E-state index is 12.4. The second-order valence-corrected chi connectivity index (χ2v) is 6.31. The van der Waals surface area contributed by atoms with Gasteiger partial charge in [-0.3, -0.25) is 4.79 Å². The van der Waals surface area contributed by atoms with Crippen molar-refractivity contribution >= 4 is 27.9 Å². The first kappa shape index (κ1) is 15.8. The van der Waals surface area contributed by atoms with Crippen LogP contribution in [0.25, 0.3) is 0 Å². The highest BCUT2D eigenvalue weighted by Gasteiger charge is 2.25. The van der Waals surface area contributed by atoms with Gasteiger partial charge in [-0.05, 0) is 32.0 Å². The van der Waals surface area contributed by atoms with Gasteiger partial charge in [-0.1, -0.05) is 22.0 Å². The molecule has 0 aromatic heterocycles. The average molecular weight is 354 g/mol. The SMILES string of the molecule is CC(C)NC(=O)N1CCN(C(=O)c2cccc(Br)c2)CC1. The van der Waals surface area contributed by atoms with Crippen molar-refractivity contribution in [1.82, 2.24) is 15.1 Å². The third-order valence-electron chi connectivity index (χ3n) is 3.34. The summed E-state index contributed by atoms with van der Waals surface area (Å²) in [5.41, 5.74) is 0.671. The maximum Gasteiger partial charge on any atom is 0.317 e. The molecule has 3 amide bonds. The van der Waals surface area contributed by atoms with E-state index in [0.29, 0.717) is 31.7 Å². The van der Waals surface area contributed by atoms with Crippen molar-refractivity contribution in [3.8, 4) is 0 Å². The van der Waals surface area contributed by atoms with E-state index in [-0.39, 0.29) is 18.0 Å². The number of amides is 3. The fourth-order valence-electron chi connectivity index (χ4n) is 2.25. The van der Waals surface area contributed by atoms with Crippen molar-refractivity contribution in [3.63, 3.8) is 0 Å². The number of carbonyl (C=O) groups excluding carboxylic acids is 2. The molecule has 1 saturated heterocycles. The molecule has 0 bridgehead atoms. The highest BCUT2D eigenvalue weighted by molar-refractivity contribution is 9.10. The number of nitrogens with one attached hydrogen (secondary N) is 1. The Labute approximate surface area is 133 Å². The number of benzene rings is 1. The smallest absolute Gasteiger partial charge is 0.317 e. The summed E-state index contributed by atoms with van der Waals surface area (Å²) in [5, 5.41) is 2.87. The van der Waals surface area contributed by atoms with E-state index < -0.39 is 0 Å². The number of hydrogen-bond acceptors (Lipinski definition) is 2. The number of nitrogens with zero attached hydrogens (tertiary/aromatic N) is 2. The highest BCUT2D eigenvalue weighted by Crippen LogP contribution is 2.14. The first-order chi connectivity index (χ1) is 9.97. The van der Waals surface area contributed by atoms with Gasteiger partial charge < -0.3 is 15.1 Å². The predicted octanol–water partition coefficient (Wildman–Crippen LogP) is 2.32. The zero-order valence-electron chi connectivity index (χ0n) is 12.3. The van der Waals surface area contributed by atoms with Crippen LogP contribution in [0.3, 0.4) is 0 Å². The lowest BCUT2D eigenvalue weighted by atomic mass is 10.2. The van der Waals surface area contributed by atoms with E-state index in [1.165, 1.54) is 0 Å². The molecule has 0 atom stereocenters. The van der Waals surface area contributed by atoms with E-state index in [1.54, 1.807) is 9.80 Å². The second-order valence-electron chi connectivity index (χ2n) is 5.39. The van der Waals surface area contributed by atoms with Crippen LogP contribution in [0.1, 0.15) is 24.2 Å². The summed E-state index contributed by atoms with van der Waals surface area (Å²) in [6.45, 7) is 6.14. The molecule has 1 aromatic carbocycles. The van der Waals surface area contributed by atoms with Crippen LogP contribution in [-0.2, 0) is 0 Å². The van der Waals surface area contributed by atoms with E-state index in [2.05, 4.69) is 21.2 Å². The maximum atomic E-state index is 12.4. The zero-order valence-corrected chi connectivity index (χ0v) is 13.9. The quantitative estimate of drug-likeness (QED) is 0.886. The number of carbonyl (C=O) groups is 2. The molecule has 1 heterocycles. The van der Waals surface area contributed by atoms with E-state index in [9.17, 15) is 9.59 Å². The summed E-state index contributed by atoms with van der Waals surface area (Å²) in [7, 11) is 0. The summed E-state index contributed by atoms with van der Waals surface area (Å²) in [6, 6.07) is 7.44. The molecule has 1 aliphatic heterocycles. The van der Waals surface area contributed by atoms with Crippen LogP contribution in [0.4, 0.5) is 4.79 Å². The van der Waals surface area contributed by atoms with Gasteiger partial charge in [-0.25, -0.2) is 4.79 Å². The Kier molecular flexibility index (Phi) is 5.22. The van der Waals surface area contributed by atoms with Crippen LogP contribution in [-0.4, -0.2) is 54.0 Å². The van der Waals surface area contributed by atoms with Gasteiger partial charge >= 0.3 is 6.03 Å². The van der Waals surface area contributed by atoms with E-state index >= 15 is 0 Å². The standard InChI is InChI=1S/C15H20BrN3O2/c1-11(2)17-15(21)19-8-6-18(7-9-19)14(20)12-4-3-5-13(16)10-12/h3-5,10-11H,6-9H2,1-2H3,(H,17,21). The summed E-state index contributed by atoms with van der Waals surface area (Å²) in [6.07, 6.45) is 0. The molecular formula is C15H20BrN3O2. The number of hydrogen-bond donors (Lipinski definition) is 1. The van der Waals surface area contributed by atoms with Crippen molar-refractivity contribution in [2.45, 2.75) is 19.9 Å². The molecule has 0 aliphatic carbocycles.